The number of carbonyl (C=O) groups excluding carboxylic acids is 1. The zero-order chi connectivity index (χ0) is 11.7. The highest BCUT2D eigenvalue weighted by atomic mass is 32.2. The number of hydrogen-bond donors (Lipinski definition) is 0. The van der Waals surface area contributed by atoms with E-state index in [-0.39, 0.29) is 11.3 Å². The molecule has 1 fully saturated rings. The van der Waals surface area contributed by atoms with E-state index in [4.69, 9.17) is 0 Å². The van der Waals surface area contributed by atoms with E-state index in [1.54, 1.807) is 17.3 Å². The van der Waals surface area contributed by atoms with Gasteiger partial charge in [0.1, 0.15) is 5.51 Å². The highest BCUT2D eigenvalue weighted by molar-refractivity contribution is 8.01. The van der Waals surface area contributed by atoms with Gasteiger partial charge in [0.2, 0.25) is 11.0 Å². The molecule has 17 heavy (non-hydrogen) atoms. The molecule has 2 atom stereocenters. The van der Waals surface area contributed by atoms with Gasteiger partial charge in [0, 0.05) is 0 Å². The molecular weight excluding hydrogens is 254 g/mol. The molecule has 1 aliphatic carbocycles. The average molecular weight is 267 g/mol. The Morgan fingerprint density at radius 2 is 2.35 bits per heavy atom. The van der Waals surface area contributed by atoms with Crippen LogP contribution < -0.4 is 4.90 Å². The minimum Gasteiger partial charge on any atom is -0.273 e. The van der Waals surface area contributed by atoms with E-state index >= 15 is 0 Å². The predicted octanol–water partition coefficient (Wildman–Crippen LogP) is 2.30. The Morgan fingerprint density at radius 1 is 1.41 bits per heavy atom. The Bertz CT molecular complexity index is 432. The molecule has 1 aromatic rings. The number of aromatic nitrogens is 2. The van der Waals surface area contributed by atoms with Crippen LogP contribution in [-0.4, -0.2) is 27.2 Å². The number of allylic oxidation sites excluding steroid dienone is 2. The van der Waals surface area contributed by atoms with Crippen molar-refractivity contribution in [1.82, 2.24) is 10.2 Å². The van der Waals surface area contributed by atoms with Crippen LogP contribution in [0.15, 0.2) is 17.7 Å². The van der Waals surface area contributed by atoms with Crippen LogP contribution in [-0.2, 0) is 4.79 Å². The fourth-order valence-electron chi connectivity index (χ4n) is 2.35. The topological polar surface area (TPSA) is 46.1 Å². The minimum atomic E-state index is 0.173. The van der Waals surface area contributed by atoms with Crippen molar-refractivity contribution in [2.24, 2.45) is 5.92 Å². The monoisotopic (exact) mass is 267 g/mol. The Morgan fingerprint density at radius 3 is 3.06 bits per heavy atom. The van der Waals surface area contributed by atoms with Crippen LogP contribution in [0, 0.1) is 5.92 Å². The maximum Gasteiger partial charge on any atom is 0.239 e. The Kier molecular flexibility index (Phi) is 3.15. The summed E-state index contributed by atoms with van der Waals surface area (Å²) in [5.74, 6) is 1.30. The van der Waals surface area contributed by atoms with Gasteiger partial charge in [-0.2, -0.15) is 0 Å². The summed E-state index contributed by atoms with van der Waals surface area (Å²) in [6.45, 7) is 0. The summed E-state index contributed by atoms with van der Waals surface area (Å²) >= 11 is 3.19. The van der Waals surface area contributed by atoms with Crippen molar-refractivity contribution in [3.63, 3.8) is 0 Å². The SMILES string of the molecule is O=C1CSC(C2CC=CCC2)N1c1nncs1. The van der Waals surface area contributed by atoms with E-state index in [9.17, 15) is 4.79 Å². The minimum absolute atomic E-state index is 0.173. The number of carbonyl (C=O) groups is 1. The van der Waals surface area contributed by atoms with Crippen LogP contribution in [0.4, 0.5) is 5.13 Å². The van der Waals surface area contributed by atoms with E-state index in [1.807, 2.05) is 4.90 Å². The third kappa shape index (κ3) is 2.11. The van der Waals surface area contributed by atoms with Crippen molar-refractivity contribution >= 4 is 34.1 Å². The van der Waals surface area contributed by atoms with Gasteiger partial charge in [0.15, 0.2) is 0 Å². The molecule has 6 heteroatoms. The van der Waals surface area contributed by atoms with Crippen molar-refractivity contribution in [2.45, 2.75) is 24.6 Å². The molecular formula is C11H13N3OS2. The molecule has 2 heterocycles. The zero-order valence-corrected chi connectivity index (χ0v) is 10.9. The summed E-state index contributed by atoms with van der Waals surface area (Å²) in [5, 5.41) is 8.87. The fraction of sp³-hybridized carbons (Fsp3) is 0.545. The second kappa shape index (κ2) is 4.78. The van der Waals surface area contributed by atoms with Crippen molar-refractivity contribution < 1.29 is 4.79 Å². The van der Waals surface area contributed by atoms with Crippen LogP contribution in [0.2, 0.25) is 0 Å². The van der Waals surface area contributed by atoms with Crippen molar-refractivity contribution in [2.75, 3.05) is 10.7 Å². The van der Waals surface area contributed by atoms with Gasteiger partial charge in [0.05, 0.1) is 11.1 Å². The first-order chi connectivity index (χ1) is 8.36. The fourth-order valence-corrected chi connectivity index (χ4v) is 4.37. The lowest BCUT2D eigenvalue weighted by molar-refractivity contribution is -0.116. The van der Waals surface area contributed by atoms with Gasteiger partial charge in [-0.25, -0.2) is 0 Å². The van der Waals surface area contributed by atoms with Gasteiger partial charge in [-0.3, -0.25) is 9.69 Å². The van der Waals surface area contributed by atoms with Crippen LogP contribution in [0.3, 0.4) is 0 Å². The van der Waals surface area contributed by atoms with E-state index in [2.05, 4.69) is 22.3 Å². The van der Waals surface area contributed by atoms with Crippen LogP contribution in [0.1, 0.15) is 19.3 Å². The lowest BCUT2D eigenvalue weighted by Crippen LogP contribution is -2.37. The molecule has 0 spiro atoms. The van der Waals surface area contributed by atoms with Crippen LogP contribution >= 0.6 is 23.1 Å². The molecule has 4 nitrogen and oxygen atoms in total. The van der Waals surface area contributed by atoms with Gasteiger partial charge in [-0.05, 0) is 25.2 Å². The highest BCUT2D eigenvalue weighted by Crippen LogP contribution is 2.39. The zero-order valence-electron chi connectivity index (χ0n) is 9.28. The molecule has 2 unspecified atom stereocenters. The van der Waals surface area contributed by atoms with Crippen molar-refractivity contribution in [3.05, 3.63) is 17.7 Å². The summed E-state index contributed by atoms with van der Waals surface area (Å²) < 4.78 is 0. The molecule has 2 aliphatic rings. The summed E-state index contributed by atoms with van der Waals surface area (Å²) in [5.41, 5.74) is 1.68. The highest BCUT2D eigenvalue weighted by Gasteiger charge is 2.39. The molecule has 3 rings (SSSR count). The number of amides is 1. The van der Waals surface area contributed by atoms with Crippen LogP contribution in [0.5, 0.6) is 0 Å². The Labute approximate surface area is 108 Å². The number of hydrogen-bond acceptors (Lipinski definition) is 5. The van der Waals surface area contributed by atoms with Gasteiger partial charge < -0.3 is 0 Å². The second-order valence-corrected chi connectivity index (χ2v) is 6.15. The molecule has 0 N–H and O–H groups in total. The number of thioether (sulfide) groups is 1. The molecule has 0 saturated carbocycles. The second-order valence-electron chi connectivity index (χ2n) is 4.23. The van der Waals surface area contributed by atoms with E-state index in [0.717, 1.165) is 24.4 Å². The summed E-state index contributed by atoms with van der Waals surface area (Å²) in [7, 11) is 0. The molecule has 90 valence electrons. The number of nitrogens with zero attached hydrogens (tertiary/aromatic N) is 3. The van der Waals surface area contributed by atoms with Crippen LogP contribution in [0.25, 0.3) is 0 Å². The first-order valence-corrected chi connectivity index (χ1v) is 7.64. The smallest absolute Gasteiger partial charge is 0.239 e. The first-order valence-electron chi connectivity index (χ1n) is 5.71. The molecule has 0 bridgehead atoms. The first kappa shape index (κ1) is 11.2. The number of rotatable bonds is 2. The molecule has 1 amide bonds. The maximum absolute atomic E-state index is 12.0. The quantitative estimate of drug-likeness (QED) is 0.771. The summed E-state index contributed by atoms with van der Waals surface area (Å²) in [4.78, 5) is 13.8. The third-order valence-electron chi connectivity index (χ3n) is 3.17. The van der Waals surface area contributed by atoms with Gasteiger partial charge in [-0.15, -0.1) is 22.0 Å². The van der Waals surface area contributed by atoms with Crippen molar-refractivity contribution in [3.8, 4) is 0 Å². The predicted molar refractivity (Wildman–Crippen MR) is 70.1 cm³/mol. The summed E-state index contributed by atoms with van der Waals surface area (Å²) in [6, 6.07) is 0. The Hall–Kier alpha value is -0.880. The normalized spacial score (nSPS) is 28.9. The molecule has 1 aliphatic heterocycles. The summed E-state index contributed by atoms with van der Waals surface area (Å²) in [6.07, 6.45) is 7.82. The number of anilines is 1. The van der Waals surface area contributed by atoms with E-state index in [0.29, 0.717) is 11.7 Å². The molecule has 1 aromatic heterocycles. The molecule has 0 radical (unpaired) electrons. The van der Waals surface area contributed by atoms with Gasteiger partial charge in [-0.1, -0.05) is 23.5 Å². The largest absolute Gasteiger partial charge is 0.273 e. The maximum atomic E-state index is 12.0. The van der Waals surface area contributed by atoms with E-state index in [1.165, 1.54) is 11.3 Å². The van der Waals surface area contributed by atoms with E-state index < -0.39 is 0 Å². The molecule has 1 saturated heterocycles. The van der Waals surface area contributed by atoms with Gasteiger partial charge >= 0.3 is 0 Å². The van der Waals surface area contributed by atoms with Gasteiger partial charge in [0.25, 0.3) is 0 Å². The average Bonchev–Trinajstić information content (AvgIpc) is 2.99. The standard InChI is InChI=1S/C11H13N3OS2/c15-9-6-16-10(8-4-2-1-3-5-8)14(9)11-13-12-7-17-11/h1-2,7-8,10H,3-6H2. The third-order valence-corrected chi connectivity index (χ3v) is 5.21. The molecule has 0 aromatic carbocycles. The Balaban J connectivity index is 1.83. The van der Waals surface area contributed by atoms with Crippen molar-refractivity contribution in [1.29, 1.82) is 0 Å². The lowest BCUT2D eigenvalue weighted by atomic mass is 9.93. The lowest BCUT2D eigenvalue weighted by Gasteiger charge is -2.29.